The van der Waals surface area contributed by atoms with Gasteiger partial charge < -0.3 is 9.47 Å². The van der Waals surface area contributed by atoms with E-state index in [1.807, 2.05) is 0 Å². The van der Waals surface area contributed by atoms with Crippen molar-refractivity contribution in [3.8, 4) is 5.75 Å². The minimum absolute atomic E-state index is 0.0139. The zero-order chi connectivity index (χ0) is 19.3. The highest BCUT2D eigenvalue weighted by atomic mass is 79.9. The zero-order valence-corrected chi connectivity index (χ0v) is 16.7. The molecule has 0 radical (unpaired) electrons. The van der Waals surface area contributed by atoms with Crippen LogP contribution in [-0.2, 0) is 14.8 Å². The number of nitrogens with zero attached hydrogens (tertiary/aromatic N) is 1. The molecule has 26 heavy (non-hydrogen) atoms. The molecule has 0 aliphatic heterocycles. The molecule has 6 nitrogen and oxygen atoms in total. The predicted octanol–water partition coefficient (Wildman–Crippen LogP) is 3.63. The van der Waals surface area contributed by atoms with Gasteiger partial charge in [-0.25, -0.2) is 13.2 Å². The van der Waals surface area contributed by atoms with Crippen molar-refractivity contribution in [3.63, 3.8) is 0 Å². The third kappa shape index (κ3) is 3.91. The van der Waals surface area contributed by atoms with Crippen LogP contribution in [-0.4, -0.2) is 35.2 Å². The molecule has 0 amide bonds. The second-order valence-electron chi connectivity index (χ2n) is 5.13. The van der Waals surface area contributed by atoms with Gasteiger partial charge in [-0.05, 0) is 46.3 Å². The fourth-order valence-electron chi connectivity index (χ4n) is 2.35. The van der Waals surface area contributed by atoms with Gasteiger partial charge in [0.2, 0.25) is 0 Å². The van der Waals surface area contributed by atoms with Crippen LogP contribution in [0.4, 0.5) is 5.69 Å². The second-order valence-corrected chi connectivity index (χ2v) is 7.85. The van der Waals surface area contributed by atoms with E-state index in [1.54, 1.807) is 24.3 Å². The number of rotatable bonds is 7. The molecule has 0 fully saturated rings. The molecule has 2 aromatic rings. The number of carbonyl (C=O) groups is 1. The van der Waals surface area contributed by atoms with Gasteiger partial charge in [-0.1, -0.05) is 18.2 Å². The normalized spacial score (nSPS) is 10.9. The van der Waals surface area contributed by atoms with Crippen molar-refractivity contribution in [2.24, 2.45) is 0 Å². The van der Waals surface area contributed by atoms with Crippen molar-refractivity contribution < 1.29 is 22.7 Å². The molecular formula is C18H18BrNO5S. The van der Waals surface area contributed by atoms with Gasteiger partial charge >= 0.3 is 5.97 Å². The van der Waals surface area contributed by atoms with Gasteiger partial charge in [0.1, 0.15) is 5.75 Å². The number of methoxy groups -OCH3 is 2. The van der Waals surface area contributed by atoms with E-state index in [9.17, 15) is 13.2 Å². The number of esters is 1. The number of halogens is 1. The minimum atomic E-state index is -3.96. The molecule has 0 aromatic heterocycles. The summed E-state index contributed by atoms with van der Waals surface area (Å²) in [4.78, 5) is 12.1. The Balaban J connectivity index is 2.62. The molecule has 0 saturated heterocycles. The first kappa shape index (κ1) is 20.0. The van der Waals surface area contributed by atoms with Crippen LogP contribution in [0, 0.1) is 0 Å². The van der Waals surface area contributed by atoms with Crippen molar-refractivity contribution in [2.75, 3.05) is 25.1 Å². The van der Waals surface area contributed by atoms with Gasteiger partial charge in [0.15, 0.2) is 0 Å². The van der Waals surface area contributed by atoms with Gasteiger partial charge in [0, 0.05) is 0 Å². The summed E-state index contributed by atoms with van der Waals surface area (Å²) >= 11 is 3.29. The van der Waals surface area contributed by atoms with E-state index in [-0.39, 0.29) is 22.7 Å². The third-order valence-corrected chi connectivity index (χ3v) is 5.98. The molecule has 0 aliphatic rings. The maximum atomic E-state index is 13.2. The number of sulfonamides is 1. The Kier molecular flexibility index (Phi) is 6.44. The van der Waals surface area contributed by atoms with Crippen molar-refractivity contribution in [1.29, 1.82) is 0 Å². The highest BCUT2D eigenvalue weighted by Crippen LogP contribution is 2.32. The molecule has 0 N–H and O–H groups in total. The second kappa shape index (κ2) is 8.37. The van der Waals surface area contributed by atoms with Gasteiger partial charge in [-0.15, -0.1) is 6.58 Å². The van der Waals surface area contributed by atoms with Crippen molar-refractivity contribution >= 4 is 37.6 Å². The molecule has 138 valence electrons. The predicted molar refractivity (Wildman–Crippen MR) is 103 cm³/mol. The summed E-state index contributed by atoms with van der Waals surface area (Å²) in [5.74, 6) is -0.116. The zero-order valence-electron chi connectivity index (χ0n) is 14.3. The number of benzene rings is 2. The number of hydrogen-bond donors (Lipinski definition) is 0. The van der Waals surface area contributed by atoms with Gasteiger partial charge in [0.05, 0.1) is 41.4 Å². The first-order valence-electron chi connectivity index (χ1n) is 7.51. The summed E-state index contributed by atoms with van der Waals surface area (Å²) in [6, 6.07) is 10.8. The van der Waals surface area contributed by atoms with Crippen LogP contribution in [0.2, 0.25) is 0 Å². The lowest BCUT2D eigenvalue weighted by molar-refractivity contribution is 0.0601. The van der Waals surface area contributed by atoms with Gasteiger partial charge in [-0.2, -0.15) is 0 Å². The lowest BCUT2D eigenvalue weighted by Crippen LogP contribution is -2.32. The minimum Gasteiger partial charge on any atom is -0.496 e. The average Bonchev–Trinajstić information content (AvgIpc) is 2.65. The Hall–Kier alpha value is -2.32. The van der Waals surface area contributed by atoms with Crippen LogP contribution in [0.25, 0.3) is 0 Å². The van der Waals surface area contributed by atoms with E-state index in [0.717, 1.165) is 4.31 Å². The summed E-state index contributed by atoms with van der Waals surface area (Å²) in [5, 5.41) is 0. The van der Waals surface area contributed by atoms with Gasteiger partial charge in [0.25, 0.3) is 10.0 Å². The molecule has 2 aromatic carbocycles. The number of anilines is 1. The summed E-state index contributed by atoms with van der Waals surface area (Å²) in [6.45, 7) is 3.61. The van der Waals surface area contributed by atoms with Crippen molar-refractivity contribution in [2.45, 2.75) is 4.90 Å². The number of carbonyl (C=O) groups excluding carboxylic acids is 1. The monoisotopic (exact) mass is 439 g/mol. The van der Waals surface area contributed by atoms with Crippen LogP contribution in [0.5, 0.6) is 5.75 Å². The smallest absolute Gasteiger partial charge is 0.340 e. The van der Waals surface area contributed by atoms with Crippen LogP contribution in [0.1, 0.15) is 10.4 Å². The SMILES string of the molecule is C=CCN(c1ccccc1C(=O)OC)S(=O)(=O)c1ccc(OC)c(Br)c1. The highest BCUT2D eigenvalue weighted by molar-refractivity contribution is 9.10. The Morgan fingerprint density at radius 1 is 1.23 bits per heavy atom. The first-order valence-corrected chi connectivity index (χ1v) is 9.74. The van der Waals surface area contributed by atoms with E-state index >= 15 is 0 Å². The van der Waals surface area contributed by atoms with Crippen molar-refractivity contribution in [3.05, 3.63) is 65.2 Å². The molecular weight excluding hydrogens is 422 g/mol. The highest BCUT2D eigenvalue weighted by Gasteiger charge is 2.28. The maximum absolute atomic E-state index is 13.2. The third-order valence-electron chi connectivity index (χ3n) is 3.58. The fourth-order valence-corrected chi connectivity index (χ4v) is 4.52. The molecule has 0 bridgehead atoms. The summed E-state index contributed by atoms with van der Waals surface area (Å²) < 4.78 is 37.9. The maximum Gasteiger partial charge on any atom is 0.340 e. The average molecular weight is 440 g/mol. The van der Waals surface area contributed by atoms with Crippen LogP contribution >= 0.6 is 15.9 Å². The molecule has 2 rings (SSSR count). The fraction of sp³-hybridized carbons (Fsp3) is 0.167. The summed E-state index contributed by atoms with van der Waals surface area (Å²) in [5.41, 5.74) is 0.360. The van der Waals surface area contributed by atoms with E-state index in [0.29, 0.717) is 10.2 Å². The van der Waals surface area contributed by atoms with Crippen LogP contribution in [0.3, 0.4) is 0 Å². The van der Waals surface area contributed by atoms with E-state index in [4.69, 9.17) is 9.47 Å². The van der Waals surface area contributed by atoms with E-state index in [2.05, 4.69) is 22.5 Å². The summed E-state index contributed by atoms with van der Waals surface area (Å²) in [6.07, 6.45) is 1.45. The molecule has 0 heterocycles. The Labute approximate surface area is 161 Å². The molecule has 0 spiro atoms. The standard InChI is InChI=1S/C18H18BrNO5S/c1-4-11-20(16-8-6-5-7-14(16)18(21)25-3)26(22,23)13-9-10-17(24-2)15(19)12-13/h4-10,12H,1,11H2,2-3H3. The molecule has 0 unspecified atom stereocenters. The van der Waals surface area contributed by atoms with Crippen LogP contribution in [0.15, 0.2) is 64.5 Å². The lowest BCUT2D eigenvalue weighted by atomic mass is 10.2. The topological polar surface area (TPSA) is 72.9 Å². The van der Waals surface area contributed by atoms with Gasteiger partial charge in [-0.3, -0.25) is 4.31 Å². The quantitative estimate of drug-likeness (QED) is 0.486. The lowest BCUT2D eigenvalue weighted by Gasteiger charge is -2.25. The molecule has 0 saturated carbocycles. The molecule has 0 atom stereocenters. The number of hydrogen-bond acceptors (Lipinski definition) is 5. The van der Waals surface area contributed by atoms with E-state index in [1.165, 1.54) is 38.5 Å². The van der Waals surface area contributed by atoms with Crippen molar-refractivity contribution in [1.82, 2.24) is 0 Å². The summed E-state index contributed by atoms with van der Waals surface area (Å²) in [7, 11) is -1.23. The largest absolute Gasteiger partial charge is 0.496 e. The Bertz CT molecular complexity index is 927. The number of ether oxygens (including phenoxy) is 2. The Morgan fingerprint density at radius 3 is 2.50 bits per heavy atom. The number of para-hydroxylation sites is 1. The van der Waals surface area contributed by atoms with E-state index < -0.39 is 16.0 Å². The molecule has 0 aliphatic carbocycles. The Morgan fingerprint density at radius 2 is 1.92 bits per heavy atom. The molecule has 8 heteroatoms. The first-order chi connectivity index (χ1) is 12.4. The van der Waals surface area contributed by atoms with Crippen LogP contribution < -0.4 is 9.04 Å².